The lowest BCUT2D eigenvalue weighted by atomic mass is 9.86. The Labute approximate surface area is 115 Å². The van der Waals surface area contributed by atoms with Gasteiger partial charge in [0.2, 0.25) is 0 Å². The van der Waals surface area contributed by atoms with E-state index < -0.39 is 0 Å². The predicted molar refractivity (Wildman–Crippen MR) is 77.7 cm³/mol. The van der Waals surface area contributed by atoms with E-state index in [1.165, 1.54) is 37.1 Å². The van der Waals surface area contributed by atoms with Crippen molar-refractivity contribution in [3.8, 4) is 5.75 Å². The topological polar surface area (TPSA) is 24.5 Å². The number of likely N-dealkylation sites (N-methyl/N-ethyl adjacent to an activating group) is 1. The molecule has 0 aliphatic carbocycles. The van der Waals surface area contributed by atoms with Crippen molar-refractivity contribution in [3.63, 3.8) is 0 Å². The Morgan fingerprint density at radius 2 is 2.32 bits per heavy atom. The zero-order valence-corrected chi connectivity index (χ0v) is 12.0. The zero-order valence-electron chi connectivity index (χ0n) is 12.0. The highest BCUT2D eigenvalue weighted by Gasteiger charge is 2.28. The molecular formula is C16H24N2O. The molecule has 1 N–H and O–H groups in total. The molecule has 0 bridgehead atoms. The van der Waals surface area contributed by atoms with E-state index >= 15 is 0 Å². The Morgan fingerprint density at radius 3 is 3.05 bits per heavy atom. The fourth-order valence-electron chi connectivity index (χ4n) is 3.48. The van der Waals surface area contributed by atoms with Gasteiger partial charge in [0.1, 0.15) is 5.75 Å². The predicted octanol–water partition coefficient (Wildman–Crippen LogP) is 2.22. The molecule has 0 amide bonds. The van der Waals surface area contributed by atoms with Crippen molar-refractivity contribution >= 4 is 0 Å². The standard InChI is InChI=1S/C16H24N2O/c1-18-8-6-13-10-14(19-2)3-4-15(13)16(18)9-12-5-7-17-11-12/h3-4,10,12,16-17H,5-9,11H2,1-2H3. The summed E-state index contributed by atoms with van der Waals surface area (Å²) in [7, 11) is 4.01. The smallest absolute Gasteiger partial charge is 0.119 e. The second-order valence-electron chi connectivity index (χ2n) is 5.91. The number of nitrogens with one attached hydrogen (secondary N) is 1. The third-order valence-electron chi connectivity index (χ3n) is 4.69. The van der Waals surface area contributed by atoms with Gasteiger partial charge in [0.05, 0.1) is 7.11 Å². The van der Waals surface area contributed by atoms with Gasteiger partial charge < -0.3 is 10.1 Å². The first-order chi connectivity index (χ1) is 9.28. The monoisotopic (exact) mass is 260 g/mol. The molecule has 1 fully saturated rings. The number of hydrogen-bond acceptors (Lipinski definition) is 3. The normalized spacial score (nSPS) is 27.3. The maximum atomic E-state index is 5.35. The van der Waals surface area contributed by atoms with Gasteiger partial charge in [-0.1, -0.05) is 6.07 Å². The molecule has 2 unspecified atom stereocenters. The first-order valence-corrected chi connectivity index (χ1v) is 7.35. The number of rotatable bonds is 3. The van der Waals surface area contributed by atoms with Crippen molar-refractivity contribution < 1.29 is 4.74 Å². The fraction of sp³-hybridized carbons (Fsp3) is 0.625. The van der Waals surface area contributed by atoms with Crippen LogP contribution in [0.25, 0.3) is 0 Å². The molecule has 2 aliphatic rings. The molecule has 1 aromatic rings. The van der Waals surface area contributed by atoms with Crippen LogP contribution in [0.15, 0.2) is 18.2 Å². The van der Waals surface area contributed by atoms with Crippen LogP contribution in [0.3, 0.4) is 0 Å². The summed E-state index contributed by atoms with van der Waals surface area (Å²) in [6.07, 6.45) is 3.75. The molecular weight excluding hydrogens is 236 g/mol. The van der Waals surface area contributed by atoms with E-state index in [4.69, 9.17) is 4.74 Å². The van der Waals surface area contributed by atoms with Crippen LogP contribution in [0, 0.1) is 5.92 Å². The van der Waals surface area contributed by atoms with Crippen molar-refractivity contribution in [3.05, 3.63) is 29.3 Å². The van der Waals surface area contributed by atoms with Crippen LogP contribution in [-0.2, 0) is 6.42 Å². The molecule has 2 atom stereocenters. The number of ether oxygens (including phenoxy) is 1. The van der Waals surface area contributed by atoms with Crippen molar-refractivity contribution in [2.45, 2.75) is 25.3 Å². The molecule has 1 aromatic carbocycles. The lowest BCUT2D eigenvalue weighted by Crippen LogP contribution is -2.33. The van der Waals surface area contributed by atoms with Crippen LogP contribution in [0.2, 0.25) is 0 Å². The first kappa shape index (κ1) is 12.9. The number of benzene rings is 1. The average Bonchev–Trinajstić information content (AvgIpc) is 2.94. The van der Waals surface area contributed by atoms with Gasteiger partial charge in [-0.2, -0.15) is 0 Å². The van der Waals surface area contributed by atoms with Gasteiger partial charge in [-0.25, -0.2) is 0 Å². The quantitative estimate of drug-likeness (QED) is 0.902. The average molecular weight is 260 g/mol. The second kappa shape index (κ2) is 5.51. The van der Waals surface area contributed by atoms with Crippen molar-refractivity contribution in [2.75, 3.05) is 33.8 Å². The van der Waals surface area contributed by atoms with Crippen LogP contribution in [-0.4, -0.2) is 38.7 Å². The van der Waals surface area contributed by atoms with Gasteiger partial charge in [0, 0.05) is 12.6 Å². The Hall–Kier alpha value is -1.06. The maximum absolute atomic E-state index is 5.35. The highest BCUT2D eigenvalue weighted by molar-refractivity contribution is 5.39. The van der Waals surface area contributed by atoms with E-state index in [-0.39, 0.29) is 0 Å². The Kier molecular flexibility index (Phi) is 3.76. The van der Waals surface area contributed by atoms with Crippen molar-refractivity contribution in [2.24, 2.45) is 5.92 Å². The van der Waals surface area contributed by atoms with Gasteiger partial charge in [-0.05, 0) is 68.6 Å². The maximum Gasteiger partial charge on any atom is 0.119 e. The molecule has 0 radical (unpaired) electrons. The summed E-state index contributed by atoms with van der Waals surface area (Å²) < 4.78 is 5.35. The largest absolute Gasteiger partial charge is 0.497 e. The molecule has 2 aliphatic heterocycles. The molecule has 1 saturated heterocycles. The molecule has 104 valence electrons. The van der Waals surface area contributed by atoms with Crippen LogP contribution in [0.1, 0.15) is 30.0 Å². The van der Waals surface area contributed by atoms with Gasteiger partial charge in [0.25, 0.3) is 0 Å². The zero-order chi connectivity index (χ0) is 13.2. The van der Waals surface area contributed by atoms with E-state index in [0.717, 1.165) is 24.6 Å². The van der Waals surface area contributed by atoms with Crippen LogP contribution in [0.4, 0.5) is 0 Å². The van der Waals surface area contributed by atoms with Gasteiger partial charge in [-0.3, -0.25) is 4.90 Å². The molecule has 0 aromatic heterocycles. The van der Waals surface area contributed by atoms with Gasteiger partial charge in [0.15, 0.2) is 0 Å². The number of hydrogen-bond donors (Lipinski definition) is 1. The van der Waals surface area contributed by atoms with Gasteiger partial charge in [-0.15, -0.1) is 0 Å². The minimum atomic E-state index is 0.583. The Morgan fingerprint density at radius 1 is 1.42 bits per heavy atom. The molecule has 3 heteroatoms. The minimum absolute atomic E-state index is 0.583. The van der Waals surface area contributed by atoms with E-state index in [1.807, 2.05) is 0 Å². The summed E-state index contributed by atoms with van der Waals surface area (Å²) >= 11 is 0. The summed E-state index contributed by atoms with van der Waals surface area (Å²) in [5.74, 6) is 1.82. The summed E-state index contributed by atoms with van der Waals surface area (Å²) in [5, 5.41) is 3.48. The van der Waals surface area contributed by atoms with E-state index in [9.17, 15) is 0 Å². The van der Waals surface area contributed by atoms with Crippen LogP contribution < -0.4 is 10.1 Å². The summed E-state index contributed by atoms with van der Waals surface area (Å²) in [4.78, 5) is 2.52. The number of fused-ring (bicyclic) bond motifs is 1. The third kappa shape index (κ3) is 2.63. The molecule has 0 saturated carbocycles. The summed E-state index contributed by atoms with van der Waals surface area (Å²) in [6.45, 7) is 3.54. The molecule has 3 rings (SSSR count). The first-order valence-electron chi connectivity index (χ1n) is 7.35. The highest BCUT2D eigenvalue weighted by Crippen LogP contribution is 2.36. The fourth-order valence-corrected chi connectivity index (χ4v) is 3.48. The highest BCUT2D eigenvalue weighted by atomic mass is 16.5. The van der Waals surface area contributed by atoms with E-state index in [0.29, 0.717) is 6.04 Å². The van der Waals surface area contributed by atoms with E-state index in [1.54, 1.807) is 7.11 Å². The SMILES string of the molecule is COc1ccc2c(c1)CCN(C)C2CC1CCNC1. The number of methoxy groups -OCH3 is 1. The number of nitrogens with zero attached hydrogens (tertiary/aromatic N) is 1. The second-order valence-corrected chi connectivity index (χ2v) is 5.91. The van der Waals surface area contributed by atoms with Crippen LogP contribution in [0.5, 0.6) is 5.75 Å². The Balaban J connectivity index is 1.83. The summed E-state index contributed by atoms with van der Waals surface area (Å²) in [5.41, 5.74) is 3.00. The molecule has 0 spiro atoms. The molecule has 3 nitrogen and oxygen atoms in total. The Bertz CT molecular complexity index is 440. The lowest BCUT2D eigenvalue weighted by molar-refractivity contribution is 0.198. The van der Waals surface area contributed by atoms with E-state index in [2.05, 4.69) is 35.5 Å². The van der Waals surface area contributed by atoms with Gasteiger partial charge >= 0.3 is 0 Å². The van der Waals surface area contributed by atoms with Crippen molar-refractivity contribution in [1.29, 1.82) is 0 Å². The van der Waals surface area contributed by atoms with Crippen LogP contribution >= 0.6 is 0 Å². The lowest BCUT2D eigenvalue weighted by Gasteiger charge is -2.36. The minimum Gasteiger partial charge on any atom is -0.497 e. The molecule has 2 heterocycles. The third-order valence-corrected chi connectivity index (χ3v) is 4.69. The molecule has 19 heavy (non-hydrogen) atoms. The summed E-state index contributed by atoms with van der Waals surface area (Å²) in [6, 6.07) is 7.19. The van der Waals surface area contributed by atoms with Crippen molar-refractivity contribution in [1.82, 2.24) is 10.2 Å².